The molecule has 1 aromatic heterocycles. The van der Waals surface area contributed by atoms with Crippen LogP contribution in [0.15, 0.2) is 18.7 Å². The summed E-state index contributed by atoms with van der Waals surface area (Å²) in [7, 11) is 0. The standard InChI is InChI=1S/C11H20N2/c1-11(2,3)6-4-5-8-13-9-7-12-10-13/h7,9-10H,4-6,8H2,1-3H3/p+1. The molecule has 2 heteroatoms. The van der Waals surface area contributed by atoms with Gasteiger partial charge in [0.1, 0.15) is 12.4 Å². The molecule has 0 spiro atoms. The Labute approximate surface area is 81.0 Å². The number of aryl methyl sites for hydroxylation is 1. The first kappa shape index (κ1) is 10.3. The number of rotatable bonds is 4. The van der Waals surface area contributed by atoms with E-state index in [0.717, 1.165) is 6.54 Å². The quantitative estimate of drug-likeness (QED) is 0.544. The van der Waals surface area contributed by atoms with Crippen LogP contribution < -0.4 is 4.57 Å². The van der Waals surface area contributed by atoms with Crippen molar-refractivity contribution in [2.24, 2.45) is 5.41 Å². The van der Waals surface area contributed by atoms with Gasteiger partial charge in [0.25, 0.3) is 0 Å². The second kappa shape index (κ2) is 4.45. The molecule has 13 heavy (non-hydrogen) atoms. The van der Waals surface area contributed by atoms with Crippen LogP contribution in [0, 0.1) is 5.41 Å². The van der Waals surface area contributed by atoms with Crippen molar-refractivity contribution in [2.75, 3.05) is 0 Å². The van der Waals surface area contributed by atoms with Crippen LogP contribution in [-0.4, -0.2) is 4.98 Å². The Morgan fingerprint density at radius 3 is 2.54 bits per heavy atom. The van der Waals surface area contributed by atoms with Crippen molar-refractivity contribution < 1.29 is 4.57 Å². The lowest BCUT2D eigenvalue weighted by molar-refractivity contribution is -0.696. The second-order valence-corrected chi connectivity index (χ2v) is 4.87. The Balaban J connectivity index is 2.09. The molecule has 0 fully saturated rings. The van der Waals surface area contributed by atoms with Crippen LogP contribution in [-0.2, 0) is 6.54 Å². The van der Waals surface area contributed by atoms with Gasteiger partial charge in [-0.25, -0.2) is 4.57 Å². The SMILES string of the molecule is CC(C)(C)CCCC[n+]1cc[nH]c1. The van der Waals surface area contributed by atoms with Crippen molar-refractivity contribution in [1.29, 1.82) is 0 Å². The van der Waals surface area contributed by atoms with Gasteiger partial charge in [0, 0.05) is 0 Å². The summed E-state index contributed by atoms with van der Waals surface area (Å²) < 4.78 is 2.20. The minimum atomic E-state index is 0.489. The van der Waals surface area contributed by atoms with Crippen molar-refractivity contribution in [3.8, 4) is 0 Å². The second-order valence-electron chi connectivity index (χ2n) is 4.87. The van der Waals surface area contributed by atoms with Crippen molar-refractivity contribution in [1.82, 2.24) is 4.98 Å². The molecule has 0 bridgehead atoms. The Morgan fingerprint density at radius 1 is 1.23 bits per heavy atom. The molecule has 0 aliphatic rings. The van der Waals surface area contributed by atoms with E-state index in [1.54, 1.807) is 0 Å². The maximum absolute atomic E-state index is 3.05. The molecule has 1 heterocycles. The largest absolute Gasteiger partial charge is 0.250 e. The average Bonchev–Trinajstić information content (AvgIpc) is 2.48. The third-order valence-corrected chi connectivity index (χ3v) is 2.20. The molecule has 0 radical (unpaired) electrons. The van der Waals surface area contributed by atoms with E-state index in [1.807, 2.05) is 12.5 Å². The normalized spacial score (nSPS) is 11.9. The van der Waals surface area contributed by atoms with Gasteiger partial charge in [-0.15, -0.1) is 0 Å². The van der Waals surface area contributed by atoms with Gasteiger partial charge in [-0.1, -0.05) is 20.8 Å². The number of aromatic amines is 1. The van der Waals surface area contributed by atoms with Gasteiger partial charge < -0.3 is 0 Å². The molecule has 0 unspecified atom stereocenters. The van der Waals surface area contributed by atoms with Crippen LogP contribution >= 0.6 is 0 Å². The summed E-state index contributed by atoms with van der Waals surface area (Å²) in [5.41, 5.74) is 0.489. The number of hydrogen-bond acceptors (Lipinski definition) is 0. The van der Waals surface area contributed by atoms with Crippen molar-refractivity contribution in [3.05, 3.63) is 18.7 Å². The van der Waals surface area contributed by atoms with Crippen molar-refractivity contribution >= 4 is 0 Å². The van der Waals surface area contributed by atoms with Crippen LogP contribution in [0.2, 0.25) is 0 Å². The molecule has 0 saturated heterocycles. The minimum absolute atomic E-state index is 0.489. The van der Waals surface area contributed by atoms with E-state index < -0.39 is 0 Å². The zero-order chi connectivity index (χ0) is 9.73. The molecule has 1 N–H and O–H groups in total. The molecule has 0 aliphatic carbocycles. The molecule has 74 valence electrons. The van der Waals surface area contributed by atoms with Gasteiger partial charge >= 0.3 is 0 Å². The summed E-state index contributed by atoms with van der Waals surface area (Å²) in [5, 5.41) is 0. The zero-order valence-electron chi connectivity index (χ0n) is 9.01. The third-order valence-electron chi connectivity index (χ3n) is 2.20. The topological polar surface area (TPSA) is 19.7 Å². The van der Waals surface area contributed by atoms with Gasteiger partial charge in [0.15, 0.2) is 0 Å². The van der Waals surface area contributed by atoms with Crippen LogP contribution in [0.5, 0.6) is 0 Å². The fraction of sp³-hybridized carbons (Fsp3) is 0.727. The van der Waals surface area contributed by atoms with E-state index in [-0.39, 0.29) is 0 Å². The van der Waals surface area contributed by atoms with Crippen LogP contribution in [0.4, 0.5) is 0 Å². The predicted molar refractivity (Wildman–Crippen MR) is 54.3 cm³/mol. The molecule has 1 aromatic rings. The Bertz CT molecular complexity index is 219. The highest BCUT2D eigenvalue weighted by Gasteiger charge is 2.09. The molecule has 0 aliphatic heterocycles. The molecule has 0 atom stereocenters. The first-order valence-corrected chi connectivity index (χ1v) is 5.10. The lowest BCUT2D eigenvalue weighted by Gasteiger charge is -2.16. The first-order valence-electron chi connectivity index (χ1n) is 5.10. The van der Waals surface area contributed by atoms with Crippen molar-refractivity contribution in [3.63, 3.8) is 0 Å². The van der Waals surface area contributed by atoms with E-state index in [9.17, 15) is 0 Å². The highest BCUT2D eigenvalue weighted by molar-refractivity contribution is 4.60. The first-order chi connectivity index (χ1) is 6.08. The van der Waals surface area contributed by atoms with Gasteiger partial charge in [0.05, 0.1) is 6.54 Å². The van der Waals surface area contributed by atoms with Gasteiger partial charge in [-0.2, -0.15) is 0 Å². The lowest BCUT2D eigenvalue weighted by Crippen LogP contribution is -2.30. The number of imidazole rings is 1. The molecular weight excluding hydrogens is 160 g/mol. The fourth-order valence-corrected chi connectivity index (χ4v) is 1.41. The molecule has 0 aromatic carbocycles. The molecule has 1 rings (SSSR count). The highest BCUT2D eigenvalue weighted by Crippen LogP contribution is 2.21. The molecular formula is C11H21N2+. The summed E-state index contributed by atoms with van der Waals surface area (Å²) in [6.45, 7) is 8.04. The minimum Gasteiger partial charge on any atom is -0.250 e. The summed E-state index contributed by atoms with van der Waals surface area (Å²) in [6, 6.07) is 0. The summed E-state index contributed by atoms with van der Waals surface area (Å²) in [4.78, 5) is 3.05. The zero-order valence-corrected chi connectivity index (χ0v) is 9.01. The van der Waals surface area contributed by atoms with Gasteiger partial charge in [-0.05, 0) is 24.7 Å². The monoisotopic (exact) mass is 181 g/mol. The maximum Gasteiger partial charge on any atom is 0.241 e. The number of nitrogens with one attached hydrogen (secondary N) is 1. The van der Waals surface area contributed by atoms with Crippen LogP contribution in [0.25, 0.3) is 0 Å². The van der Waals surface area contributed by atoms with E-state index in [4.69, 9.17) is 0 Å². The summed E-state index contributed by atoms with van der Waals surface area (Å²) >= 11 is 0. The number of unbranched alkanes of at least 4 members (excludes halogenated alkanes) is 1. The average molecular weight is 181 g/mol. The smallest absolute Gasteiger partial charge is 0.241 e. The summed E-state index contributed by atoms with van der Waals surface area (Å²) in [6.07, 6.45) is 9.97. The van der Waals surface area contributed by atoms with Gasteiger partial charge in [0.2, 0.25) is 6.33 Å². The van der Waals surface area contributed by atoms with E-state index in [0.29, 0.717) is 5.41 Å². The lowest BCUT2D eigenvalue weighted by atomic mass is 9.90. The number of aromatic nitrogens is 2. The van der Waals surface area contributed by atoms with E-state index >= 15 is 0 Å². The number of nitrogens with zero attached hydrogens (tertiary/aromatic N) is 1. The molecule has 0 amide bonds. The predicted octanol–water partition coefficient (Wildman–Crippen LogP) is 2.52. The fourth-order valence-electron chi connectivity index (χ4n) is 1.41. The highest BCUT2D eigenvalue weighted by atomic mass is 15.0. The van der Waals surface area contributed by atoms with Crippen molar-refractivity contribution in [2.45, 2.75) is 46.6 Å². The Morgan fingerprint density at radius 2 is 2.00 bits per heavy atom. The van der Waals surface area contributed by atoms with Gasteiger partial charge in [-0.3, -0.25) is 4.98 Å². The maximum atomic E-state index is 3.05. The number of H-pyrrole nitrogens is 1. The van der Waals surface area contributed by atoms with E-state index in [2.05, 4.69) is 36.5 Å². The van der Waals surface area contributed by atoms with Crippen LogP contribution in [0.1, 0.15) is 40.0 Å². The summed E-state index contributed by atoms with van der Waals surface area (Å²) in [5.74, 6) is 0. The molecule has 2 nitrogen and oxygen atoms in total. The number of hydrogen-bond donors (Lipinski definition) is 1. The Kier molecular flexibility index (Phi) is 3.52. The Hall–Kier alpha value is -0.790. The van der Waals surface area contributed by atoms with E-state index in [1.165, 1.54) is 19.3 Å². The molecule has 0 saturated carbocycles. The van der Waals surface area contributed by atoms with Crippen LogP contribution in [0.3, 0.4) is 0 Å². The third kappa shape index (κ3) is 4.71.